The lowest BCUT2D eigenvalue weighted by Crippen LogP contribution is -2.37. The molecule has 1 aliphatic heterocycles. The minimum Gasteiger partial charge on any atom is -0.285 e. The second kappa shape index (κ2) is 3.15. The van der Waals surface area contributed by atoms with E-state index in [9.17, 15) is 13.0 Å². The molecule has 0 saturated carbocycles. The molecule has 0 spiro atoms. The highest BCUT2D eigenvalue weighted by molar-refractivity contribution is 7.87. The first-order chi connectivity index (χ1) is 7.28. The monoisotopic (exact) mass is 239 g/mol. The summed E-state index contributed by atoms with van der Waals surface area (Å²) in [6.45, 7) is 4.92. The number of rotatable bonds is 1. The lowest BCUT2D eigenvalue weighted by atomic mass is 9.93. The zero-order valence-corrected chi connectivity index (χ0v) is 10.2. The van der Waals surface area contributed by atoms with Crippen LogP contribution in [0.15, 0.2) is 23.2 Å². The van der Waals surface area contributed by atoms with Gasteiger partial charge in [0.05, 0.1) is 5.69 Å². The van der Waals surface area contributed by atoms with Gasteiger partial charge in [0.25, 0.3) is 10.1 Å². The topological polar surface area (TPSA) is 66.7 Å². The van der Waals surface area contributed by atoms with Crippen LogP contribution in [0.5, 0.6) is 0 Å². The zero-order valence-electron chi connectivity index (χ0n) is 9.35. The summed E-state index contributed by atoms with van der Waals surface area (Å²) in [4.78, 5) is 4.21. The van der Waals surface area contributed by atoms with Crippen molar-refractivity contribution in [2.24, 2.45) is 4.99 Å². The SMILES string of the molecule is CC1=Nc2cccc(C)c2C1(C)S(=O)(=O)O. The van der Waals surface area contributed by atoms with Gasteiger partial charge in [-0.2, -0.15) is 8.42 Å². The Hall–Kier alpha value is -1.20. The van der Waals surface area contributed by atoms with E-state index in [1.807, 2.05) is 19.1 Å². The van der Waals surface area contributed by atoms with Crippen molar-refractivity contribution in [3.63, 3.8) is 0 Å². The Morgan fingerprint density at radius 2 is 1.94 bits per heavy atom. The average Bonchev–Trinajstić information content (AvgIpc) is 2.40. The van der Waals surface area contributed by atoms with Gasteiger partial charge in [0, 0.05) is 11.3 Å². The van der Waals surface area contributed by atoms with Crippen molar-refractivity contribution in [1.82, 2.24) is 0 Å². The lowest BCUT2D eigenvalue weighted by molar-refractivity contribution is 0.461. The largest absolute Gasteiger partial charge is 0.285 e. The molecule has 0 aliphatic carbocycles. The van der Waals surface area contributed by atoms with Crippen LogP contribution in [0.3, 0.4) is 0 Å². The first-order valence-electron chi connectivity index (χ1n) is 4.91. The van der Waals surface area contributed by atoms with E-state index in [-0.39, 0.29) is 0 Å². The quantitative estimate of drug-likeness (QED) is 0.764. The van der Waals surface area contributed by atoms with Gasteiger partial charge in [0.2, 0.25) is 0 Å². The molecule has 2 rings (SSSR count). The van der Waals surface area contributed by atoms with E-state index >= 15 is 0 Å². The molecule has 1 atom stereocenters. The van der Waals surface area contributed by atoms with Crippen molar-refractivity contribution < 1.29 is 13.0 Å². The molecule has 0 saturated heterocycles. The van der Waals surface area contributed by atoms with Crippen molar-refractivity contribution in [3.8, 4) is 0 Å². The molecule has 1 unspecified atom stereocenters. The first-order valence-corrected chi connectivity index (χ1v) is 6.35. The second-order valence-electron chi connectivity index (χ2n) is 4.17. The maximum atomic E-state index is 11.6. The average molecular weight is 239 g/mol. The van der Waals surface area contributed by atoms with Gasteiger partial charge in [-0.05, 0) is 32.4 Å². The highest BCUT2D eigenvalue weighted by atomic mass is 32.2. The van der Waals surface area contributed by atoms with Crippen LogP contribution in [-0.2, 0) is 14.9 Å². The number of nitrogens with zero attached hydrogens (tertiary/aromatic N) is 1. The molecular weight excluding hydrogens is 226 g/mol. The molecule has 16 heavy (non-hydrogen) atoms. The molecule has 0 aromatic heterocycles. The molecule has 0 amide bonds. The Morgan fingerprint density at radius 3 is 2.50 bits per heavy atom. The van der Waals surface area contributed by atoms with Crippen LogP contribution in [0.4, 0.5) is 5.69 Å². The van der Waals surface area contributed by atoms with E-state index in [0.717, 1.165) is 5.56 Å². The van der Waals surface area contributed by atoms with Gasteiger partial charge < -0.3 is 0 Å². The van der Waals surface area contributed by atoms with Gasteiger partial charge >= 0.3 is 0 Å². The Morgan fingerprint density at radius 1 is 1.31 bits per heavy atom. The maximum absolute atomic E-state index is 11.6. The van der Waals surface area contributed by atoms with Crippen molar-refractivity contribution in [2.75, 3.05) is 0 Å². The minimum atomic E-state index is -4.22. The Bertz CT molecular complexity index is 589. The van der Waals surface area contributed by atoms with E-state index in [4.69, 9.17) is 0 Å². The molecule has 1 aromatic rings. The molecule has 0 fully saturated rings. The van der Waals surface area contributed by atoms with Crippen LogP contribution in [0.1, 0.15) is 25.0 Å². The van der Waals surface area contributed by atoms with Gasteiger partial charge in [-0.1, -0.05) is 12.1 Å². The van der Waals surface area contributed by atoms with Crippen LogP contribution in [-0.4, -0.2) is 18.7 Å². The summed E-state index contributed by atoms with van der Waals surface area (Å²) < 4.78 is 31.1. The van der Waals surface area contributed by atoms with Crippen molar-refractivity contribution in [1.29, 1.82) is 0 Å². The number of hydrogen-bond donors (Lipinski definition) is 1. The van der Waals surface area contributed by atoms with E-state index in [1.54, 1.807) is 13.0 Å². The lowest BCUT2D eigenvalue weighted by Gasteiger charge is -2.23. The third-order valence-electron chi connectivity index (χ3n) is 3.22. The number of hydrogen-bond acceptors (Lipinski definition) is 3. The fourth-order valence-electron chi connectivity index (χ4n) is 2.15. The number of aryl methyl sites for hydroxylation is 1. The summed E-state index contributed by atoms with van der Waals surface area (Å²) >= 11 is 0. The van der Waals surface area contributed by atoms with Gasteiger partial charge in [-0.25, -0.2) is 0 Å². The third kappa shape index (κ3) is 1.25. The van der Waals surface area contributed by atoms with Gasteiger partial charge in [-0.3, -0.25) is 9.55 Å². The number of benzene rings is 1. The molecule has 5 heteroatoms. The molecule has 86 valence electrons. The summed E-state index contributed by atoms with van der Waals surface area (Å²) in [5.41, 5.74) is 2.42. The van der Waals surface area contributed by atoms with Crippen LogP contribution in [0, 0.1) is 6.92 Å². The summed E-state index contributed by atoms with van der Waals surface area (Å²) in [6, 6.07) is 5.39. The molecule has 1 N–H and O–H groups in total. The Labute approximate surface area is 94.8 Å². The maximum Gasteiger partial charge on any atom is 0.280 e. The van der Waals surface area contributed by atoms with Gasteiger partial charge in [-0.15, -0.1) is 0 Å². The smallest absolute Gasteiger partial charge is 0.280 e. The summed E-state index contributed by atoms with van der Waals surface area (Å²) in [6.07, 6.45) is 0. The molecule has 0 radical (unpaired) electrons. The summed E-state index contributed by atoms with van der Waals surface area (Å²) in [5.74, 6) is 0. The van der Waals surface area contributed by atoms with Crippen LogP contribution < -0.4 is 0 Å². The summed E-state index contributed by atoms with van der Waals surface area (Å²) in [5, 5.41) is 0. The number of aliphatic imine (C=N–C) groups is 1. The van der Waals surface area contributed by atoms with E-state index < -0.39 is 14.9 Å². The van der Waals surface area contributed by atoms with Crippen molar-refractivity contribution >= 4 is 21.5 Å². The minimum absolute atomic E-state index is 0.402. The normalized spacial score (nSPS) is 24.1. The zero-order chi connectivity index (χ0) is 12.1. The van der Waals surface area contributed by atoms with Crippen molar-refractivity contribution in [2.45, 2.75) is 25.5 Å². The summed E-state index contributed by atoms with van der Waals surface area (Å²) in [7, 11) is -4.22. The predicted octanol–water partition coefficient (Wildman–Crippen LogP) is 2.20. The highest BCUT2D eigenvalue weighted by Crippen LogP contribution is 2.44. The molecule has 0 bridgehead atoms. The van der Waals surface area contributed by atoms with Gasteiger partial charge in [0.1, 0.15) is 0 Å². The molecular formula is C11H13NO3S. The van der Waals surface area contributed by atoms with Crippen molar-refractivity contribution in [3.05, 3.63) is 29.3 Å². The van der Waals surface area contributed by atoms with E-state index in [1.165, 1.54) is 6.92 Å². The standard InChI is InChI=1S/C11H13NO3S/c1-7-5-4-6-9-10(7)11(3,8(2)12-9)16(13,14)15/h4-6H,1-3H3,(H,13,14,15). The van der Waals surface area contributed by atoms with Crippen LogP contribution in [0.25, 0.3) is 0 Å². The fourth-order valence-corrected chi connectivity index (χ4v) is 3.09. The van der Waals surface area contributed by atoms with E-state index in [2.05, 4.69) is 4.99 Å². The predicted molar refractivity (Wildman–Crippen MR) is 62.8 cm³/mol. The fraction of sp³-hybridized carbons (Fsp3) is 0.364. The molecule has 1 aromatic carbocycles. The highest BCUT2D eigenvalue weighted by Gasteiger charge is 2.48. The Kier molecular flexibility index (Phi) is 2.22. The molecule has 1 heterocycles. The van der Waals surface area contributed by atoms with E-state index in [0.29, 0.717) is 17.0 Å². The third-order valence-corrected chi connectivity index (χ3v) is 4.75. The Balaban J connectivity index is 2.85. The second-order valence-corrected chi connectivity index (χ2v) is 5.94. The number of fused-ring (bicyclic) bond motifs is 1. The first kappa shape index (κ1) is 11.3. The molecule has 1 aliphatic rings. The molecule has 4 nitrogen and oxygen atoms in total. The van der Waals surface area contributed by atoms with Gasteiger partial charge in [0.15, 0.2) is 4.75 Å². The van der Waals surface area contributed by atoms with Crippen LogP contribution >= 0.6 is 0 Å². The van der Waals surface area contributed by atoms with Crippen LogP contribution in [0.2, 0.25) is 0 Å².